The van der Waals surface area contributed by atoms with Crippen molar-refractivity contribution < 1.29 is 4.42 Å². The third kappa shape index (κ3) is 1.91. The van der Waals surface area contributed by atoms with Gasteiger partial charge in [0.2, 0.25) is 0 Å². The van der Waals surface area contributed by atoms with Gasteiger partial charge in [-0.1, -0.05) is 0 Å². The van der Waals surface area contributed by atoms with Gasteiger partial charge in [-0.05, 0) is 25.7 Å². The molecule has 0 amide bonds. The molecular weight excluding hydrogens is 164 g/mol. The Balaban J connectivity index is 2.02. The molecule has 0 atom stereocenters. The first-order valence-electron chi connectivity index (χ1n) is 4.93. The first-order valence-corrected chi connectivity index (χ1v) is 4.93. The van der Waals surface area contributed by atoms with Crippen LogP contribution in [0.5, 0.6) is 0 Å². The molecule has 1 aromatic rings. The van der Waals surface area contributed by atoms with Crippen LogP contribution in [0.25, 0.3) is 0 Å². The van der Waals surface area contributed by atoms with Crippen LogP contribution in [-0.2, 0) is 0 Å². The SMILES string of the molecule is Cc1nc(C2CCC(N)CC2)co1. The molecule has 1 heterocycles. The molecule has 0 aromatic carbocycles. The lowest BCUT2D eigenvalue weighted by molar-refractivity contribution is 0.390. The minimum absolute atomic E-state index is 0.407. The van der Waals surface area contributed by atoms with E-state index in [0.717, 1.165) is 37.3 Å². The van der Waals surface area contributed by atoms with E-state index in [1.165, 1.54) is 0 Å². The summed E-state index contributed by atoms with van der Waals surface area (Å²) < 4.78 is 5.20. The van der Waals surface area contributed by atoms with Crippen LogP contribution in [0.15, 0.2) is 10.7 Å². The third-order valence-electron chi connectivity index (χ3n) is 2.83. The summed E-state index contributed by atoms with van der Waals surface area (Å²) in [5.74, 6) is 1.35. The van der Waals surface area contributed by atoms with Crippen LogP contribution in [0.4, 0.5) is 0 Å². The van der Waals surface area contributed by atoms with Gasteiger partial charge in [0.1, 0.15) is 6.26 Å². The molecule has 13 heavy (non-hydrogen) atoms. The Hall–Kier alpha value is -0.830. The smallest absolute Gasteiger partial charge is 0.191 e. The summed E-state index contributed by atoms with van der Waals surface area (Å²) in [5, 5.41) is 0. The van der Waals surface area contributed by atoms with Crippen molar-refractivity contribution in [2.45, 2.75) is 44.6 Å². The number of oxazole rings is 1. The summed E-state index contributed by atoms with van der Waals surface area (Å²) in [7, 11) is 0. The van der Waals surface area contributed by atoms with E-state index >= 15 is 0 Å². The highest BCUT2D eigenvalue weighted by Gasteiger charge is 2.21. The van der Waals surface area contributed by atoms with E-state index in [9.17, 15) is 0 Å². The third-order valence-corrected chi connectivity index (χ3v) is 2.83. The Bertz CT molecular complexity index is 274. The van der Waals surface area contributed by atoms with Gasteiger partial charge in [-0.15, -0.1) is 0 Å². The maximum atomic E-state index is 5.84. The van der Waals surface area contributed by atoms with Crippen LogP contribution in [0.2, 0.25) is 0 Å². The molecule has 1 aliphatic carbocycles. The Labute approximate surface area is 78.3 Å². The van der Waals surface area contributed by atoms with Crippen molar-refractivity contribution >= 4 is 0 Å². The van der Waals surface area contributed by atoms with Crippen LogP contribution >= 0.6 is 0 Å². The molecule has 2 rings (SSSR count). The monoisotopic (exact) mass is 180 g/mol. The van der Waals surface area contributed by atoms with E-state index in [2.05, 4.69) is 4.98 Å². The van der Waals surface area contributed by atoms with Crippen LogP contribution < -0.4 is 5.73 Å². The number of hydrogen-bond donors (Lipinski definition) is 1. The lowest BCUT2D eigenvalue weighted by Crippen LogP contribution is -2.25. The van der Waals surface area contributed by atoms with Gasteiger partial charge in [0.25, 0.3) is 0 Å². The molecule has 0 aliphatic heterocycles. The second-order valence-corrected chi connectivity index (χ2v) is 3.90. The lowest BCUT2D eigenvalue weighted by Gasteiger charge is -2.24. The van der Waals surface area contributed by atoms with E-state index in [4.69, 9.17) is 10.2 Å². The molecule has 1 aliphatic rings. The van der Waals surface area contributed by atoms with E-state index in [1.54, 1.807) is 6.26 Å². The van der Waals surface area contributed by atoms with Gasteiger partial charge in [-0.3, -0.25) is 0 Å². The number of rotatable bonds is 1. The van der Waals surface area contributed by atoms with Crippen molar-refractivity contribution in [2.75, 3.05) is 0 Å². The van der Waals surface area contributed by atoms with Crippen molar-refractivity contribution in [3.63, 3.8) is 0 Å². The predicted octanol–water partition coefficient (Wildman–Crippen LogP) is 1.97. The molecule has 1 aromatic heterocycles. The van der Waals surface area contributed by atoms with Gasteiger partial charge in [-0.2, -0.15) is 0 Å². The highest BCUT2D eigenvalue weighted by atomic mass is 16.3. The van der Waals surface area contributed by atoms with Gasteiger partial charge >= 0.3 is 0 Å². The molecule has 2 N–H and O–H groups in total. The second kappa shape index (κ2) is 3.50. The summed E-state index contributed by atoms with van der Waals surface area (Å²) in [6.07, 6.45) is 6.35. The lowest BCUT2D eigenvalue weighted by atomic mass is 9.85. The van der Waals surface area contributed by atoms with E-state index in [-0.39, 0.29) is 0 Å². The number of nitrogens with two attached hydrogens (primary N) is 1. The molecule has 0 unspecified atom stereocenters. The molecular formula is C10H16N2O. The Morgan fingerprint density at radius 3 is 2.62 bits per heavy atom. The Morgan fingerprint density at radius 2 is 2.08 bits per heavy atom. The van der Waals surface area contributed by atoms with Crippen LogP contribution in [-0.4, -0.2) is 11.0 Å². The van der Waals surface area contributed by atoms with Crippen LogP contribution in [0, 0.1) is 6.92 Å². The first kappa shape index (κ1) is 8.75. The zero-order valence-corrected chi connectivity index (χ0v) is 7.99. The topological polar surface area (TPSA) is 52.0 Å². The van der Waals surface area contributed by atoms with Crippen molar-refractivity contribution in [1.29, 1.82) is 0 Å². The minimum atomic E-state index is 0.407. The van der Waals surface area contributed by atoms with E-state index < -0.39 is 0 Å². The van der Waals surface area contributed by atoms with Crippen LogP contribution in [0.3, 0.4) is 0 Å². The van der Waals surface area contributed by atoms with E-state index in [1.807, 2.05) is 6.92 Å². The Morgan fingerprint density at radius 1 is 1.38 bits per heavy atom. The van der Waals surface area contributed by atoms with Crippen LogP contribution in [0.1, 0.15) is 43.2 Å². The van der Waals surface area contributed by atoms with Crippen molar-refractivity contribution in [2.24, 2.45) is 5.73 Å². The number of aromatic nitrogens is 1. The highest BCUT2D eigenvalue weighted by Crippen LogP contribution is 2.31. The second-order valence-electron chi connectivity index (χ2n) is 3.90. The molecule has 72 valence electrons. The maximum absolute atomic E-state index is 5.84. The molecule has 3 heteroatoms. The van der Waals surface area contributed by atoms with Crippen molar-refractivity contribution in [3.8, 4) is 0 Å². The summed E-state index contributed by atoms with van der Waals surface area (Å²) in [5.41, 5.74) is 6.95. The summed E-state index contributed by atoms with van der Waals surface area (Å²) in [6.45, 7) is 1.89. The highest BCUT2D eigenvalue weighted by molar-refractivity contribution is 5.05. The maximum Gasteiger partial charge on any atom is 0.191 e. The largest absolute Gasteiger partial charge is 0.449 e. The zero-order valence-electron chi connectivity index (χ0n) is 7.99. The van der Waals surface area contributed by atoms with Gasteiger partial charge < -0.3 is 10.2 Å². The molecule has 0 bridgehead atoms. The summed E-state index contributed by atoms with van der Waals surface area (Å²) in [6, 6.07) is 0.407. The summed E-state index contributed by atoms with van der Waals surface area (Å²) >= 11 is 0. The molecule has 0 saturated heterocycles. The number of nitrogens with zero attached hydrogens (tertiary/aromatic N) is 1. The Kier molecular flexibility index (Phi) is 2.36. The van der Waals surface area contributed by atoms with Gasteiger partial charge in [0.05, 0.1) is 5.69 Å². The molecule has 0 spiro atoms. The standard InChI is InChI=1S/C10H16N2O/c1-7-12-10(6-13-7)8-2-4-9(11)5-3-8/h6,8-9H,2-5,11H2,1H3. The fourth-order valence-corrected chi connectivity index (χ4v) is 1.98. The fourth-order valence-electron chi connectivity index (χ4n) is 1.98. The normalized spacial score (nSPS) is 29.1. The molecule has 1 saturated carbocycles. The van der Waals surface area contributed by atoms with Crippen molar-refractivity contribution in [1.82, 2.24) is 4.98 Å². The number of hydrogen-bond acceptors (Lipinski definition) is 3. The average molecular weight is 180 g/mol. The predicted molar refractivity (Wildman–Crippen MR) is 50.4 cm³/mol. The summed E-state index contributed by atoms with van der Waals surface area (Å²) in [4.78, 5) is 4.35. The molecule has 1 fully saturated rings. The average Bonchev–Trinajstić information content (AvgIpc) is 2.53. The van der Waals surface area contributed by atoms with Gasteiger partial charge in [0, 0.05) is 18.9 Å². The zero-order chi connectivity index (χ0) is 9.26. The minimum Gasteiger partial charge on any atom is -0.449 e. The van der Waals surface area contributed by atoms with E-state index in [0.29, 0.717) is 12.0 Å². The first-order chi connectivity index (χ1) is 6.25. The quantitative estimate of drug-likeness (QED) is 0.718. The molecule has 0 radical (unpaired) electrons. The van der Waals surface area contributed by atoms with Gasteiger partial charge in [-0.25, -0.2) is 4.98 Å². The van der Waals surface area contributed by atoms with Crippen molar-refractivity contribution in [3.05, 3.63) is 17.8 Å². The van der Waals surface area contributed by atoms with Gasteiger partial charge in [0.15, 0.2) is 5.89 Å². The molecule has 3 nitrogen and oxygen atoms in total. The number of aryl methyl sites for hydroxylation is 1. The fraction of sp³-hybridized carbons (Fsp3) is 0.700.